The Balaban J connectivity index is 1.88. The average molecular weight is 353 g/mol. The number of carbonyl (C=O) groups excluding carboxylic acids is 1. The van der Waals surface area contributed by atoms with Crippen LogP contribution < -0.4 is 15.4 Å². The highest BCUT2D eigenvalue weighted by Gasteiger charge is 2.09. The van der Waals surface area contributed by atoms with Crippen LogP contribution in [0.1, 0.15) is 13.3 Å². The molecule has 0 bridgehead atoms. The lowest BCUT2D eigenvalue weighted by Crippen LogP contribution is -2.17. The Bertz CT molecular complexity index is 657. The molecule has 0 aromatic heterocycles. The quantitative estimate of drug-likeness (QED) is 0.749. The van der Waals surface area contributed by atoms with Crippen LogP contribution in [0.5, 0.6) is 5.75 Å². The maximum atomic E-state index is 12.0. The second-order valence-corrected chi connectivity index (χ2v) is 5.57. The molecule has 2 rings (SSSR count). The highest BCUT2D eigenvalue weighted by molar-refractivity contribution is 6.39. The van der Waals surface area contributed by atoms with Crippen molar-refractivity contribution in [2.75, 3.05) is 23.8 Å². The van der Waals surface area contributed by atoms with Crippen molar-refractivity contribution >= 4 is 40.5 Å². The van der Waals surface area contributed by atoms with Crippen LogP contribution in [0.15, 0.2) is 42.5 Å². The van der Waals surface area contributed by atoms with E-state index in [0.29, 0.717) is 28.9 Å². The van der Waals surface area contributed by atoms with Gasteiger partial charge in [-0.3, -0.25) is 4.79 Å². The van der Waals surface area contributed by atoms with Gasteiger partial charge < -0.3 is 15.4 Å². The number of anilines is 2. The fraction of sp³-hybridized carbons (Fsp3) is 0.235. The lowest BCUT2D eigenvalue weighted by Gasteiger charge is -2.12. The molecule has 2 aromatic rings. The topological polar surface area (TPSA) is 50.4 Å². The van der Waals surface area contributed by atoms with Crippen molar-refractivity contribution in [2.45, 2.75) is 13.3 Å². The third kappa shape index (κ3) is 5.05. The molecule has 0 radical (unpaired) electrons. The third-order valence-electron chi connectivity index (χ3n) is 3.08. The van der Waals surface area contributed by atoms with Crippen molar-refractivity contribution in [3.05, 3.63) is 52.5 Å². The molecule has 0 aliphatic heterocycles. The van der Waals surface area contributed by atoms with E-state index in [1.165, 1.54) is 0 Å². The Kier molecular flexibility index (Phi) is 6.56. The van der Waals surface area contributed by atoms with E-state index in [0.717, 1.165) is 11.4 Å². The number of para-hydroxylation sites is 3. The van der Waals surface area contributed by atoms with Gasteiger partial charge in [0.2, 0.25) is 5.91 Å². The Labute approximate surface area is 145 Å². The first-order valence-corrected chi connectivity index (χ1v) is 8.07. The summed E-state index contributed by atoms with van der Waals surface area (Å²) in [6.45, 7) is 2.99. The molecule has 23 heavy (non-hydrogen) atoms. The smallest absolute Gasteiger partial charge is 0.226 e. The molecule has 1 amide bonds. The second-order valence-electron chi connectivity index (χ2n) is 4.75. The molecule has 0 unspecified atom stereocenters. The van der Waals surface area contributed by atoms with E-state index >= 15 is 0 Å². The fourth-order valence-corrected chi connectivity index (χ4v) is 2.52. The number of ether oxygens (including phenoxy) is 1. The summed E-state index contributed by atoms with van der Waals surface area (Å²) in [6.07, 6.45) is 0.280. The first-order chi connectivity index (χ1) is 11.1. The van der Waals surface area contributed by atoms with Crippen molar-refractivity contribution in [1.82, 2.24) is 0 Å². The van der Waals surface area contributed by atoms with Crippen LogP contribution >= 0.6 is 23.2 Å². The summed E-state index contributed by atoms with van der Waals surface area (Å²) in [4.78, 5) is 12.0. The van der Waals surface area contributed by atoms with E-state index < -0.39 is 0 Å². The molecule has 0 fully saturated rings. The van der Waals surface area contributed by atoms with E-state index in [4.69, 9.17) is 27.9 Å². The predicted molar refractivity (Wildman–Crippen MR) is 95.8 cm³/mol. The molecule has 2 N–H and O–H groups in total. The zero-order chi connectivity index (χ0) is 16.7. The average Bonchev–Trinajstić information content (AvgIpc) is 2.53. The van der Waals surface area contributed by atoms with Crippen LogP contribution in [0, 0.1) is 0 Å². The molecule has 6 heteroatoms. The fourth-order valence-electron chi connectivity index (χ4n) is 2.02. The molecule has 2 aromatic carbocycles. The van der Waals surface area contributed by atoms with Gasteiger partial charge in [0.1, 0.15) is 5.75 Å². The van der Waals surface area contributed by atoms with Crippen LogP contribution in [0.3, 0.4) is 0 Å². The van der Waals surface area contributed by atoms with Gasteiger partial charge in [-0.1, -0.05) is 41.4 Å². The van der Waals surface area contributed by atoms with E-state index in [2.05, 4.69) is 10.6 Å². The van der Waals surface area contributed by atoms with Gasteiger partial charge in [-0.05, 0) is 31.2 Å². The van der Waals surface area contributed by atoms with E-state index in [1.54, 1.807) is 18.2 Å². The van der Waals surface area contributed by atoms with Crippen LogP contribution in [-0.4, -0.2) is 19.1 Å². The number of benzene rings is 2. The van der Waals surface area contributed by atoms with Crippen molar-refractivity contribution in [3.63, 3.8) is 0 Å². The number of hydrogen-bond acceptors (Lipinski definition) is 3. The van der Waals surface area contributed by atoms with Crippen LogP contribution in [0.25, 0.3) is 0 Å². The van der Waals surface area contributed by atoms with Gasteiger partial charge in [0, 0.05) is 13.0 Å². The Morgan fingerprint density at radius 3 is 2.48 bits per heavy atom. The van der Waals surface area contributed by atoms with Gasteiger partial charge in [0.05, 0.1) is 28.0 Å². The molecule has 0 aliphatic carbocycles. The predicted octanol–water partition coefficient (Wildman–Crippen LogP) is 4.83. The first-order valence-electron chi connectivity index (χ1n) is 7.31. The standard InChI is InChI=1S/C17H18Cl2N2O2/c1-2-23-15-9-4-3-8-14(15)20-11-10-16(22)21-17-12(18)6-5-7-13(17)19/h3-9,20H,2,10-11H2,1H3,(H,21,22). The van der Waals surface area contributed by atoms with Crippen molar-refractivity contribution in [2.24, 2.45) is 0 Å². The Hall–Kier alpha value is -1.91. The second kappa shape index (κ2) is 8.65. The summed E-state index contributed by atoms with van der Waals surface area (Å²) in [7, 11) is 0. The molecule has 122 valence electrons. The Morgan fingerprint density at radius 2 is 1.78 bits per heavy atom. The van der Waals surface area contributed by atoms with Crippen molar-refractivity contribution in [3.8, 4) is 5.75 Å². The maximum Gasteiger partial charge on any atom is 0.226 e. The minimum Gasteiger partial charge on any atom is -0.492 e. The third-order valence-corrected chi connectivity index (χ3v) is 3.71. The van der Waals surface area contributed by atoms with Crippen molar-refractivity contribution in [1.29, 1.82) is 0 Å². The monoisotopic (exact) mass is 352 g/mol. The van der Waals surface area contributed by atoms with Crippen molar-refractivity contribution < 1.29 is 9.53 Å². The number of carbonyl (C=O) groups is 1. The molecule has 0 atom stereocenters. The molecule has 0 aliphatic rings. The van der Waals surface area contributed by atoms with Gasteiger partial charge in [-0.25, -0.2) is 0 Å². The highest BCUT2D eigenvalue weighted by Crippen LogP contribution is 2.30. The summed E-state index contributed by atoms with van der Waals surface area (Å²) >= 11 is 12.1. The molecule has 0 heterocycles. The van der Waals surface area contributed by atoms with Gasteiger partial charge in [0.25, 0.3) is 0 Å². The van der Waals surface area contributed by atoms with Gasteiger partial charge >= 0.3 is 0 Å². The SMILES string of the molecule is CCOc1ccccc1NCCC(=O)Nc1c(Cl)cccc1Cl. The largest absolute Gasteiger partial charge is 0.492 e. The zero-order valence-corrected chi connectivity index (χ0v) is 14.2. The number of nitrogens with one attached hydrogen (secondary N) is 2. The van der Waals surface area contributed by atoms with Gasteiger partial charge in [-0.15, -0.1) is 0 Å². The number of hydrogen-bond donors (Lipinski definition) is 2. The lowest BCUT2D eigenvalue weighted by molar-refractivity contribution is -0.115. The summed E-state index contributed by atoms with van der Waals surface area (Å²) in [5.41, 5.74) is 1.30. The molecule has 0 spiro atoms. The van der Waals surface area contributed by atoms with Crippen LogP contribution in [0.4, 0.5) is 11.4 Å². The normalized spacial score (nSPS) is 10.2. The van der Waals surface area contributed by atoms with Crippen LogP contribution in [0.2, 0.25) is 10.0 Å². The van der Waals surface area contributed by atoms with Crippen LogP contribution in [-0.2, 0) is 4.79 Å². The van der Waals surface area contributed by atoms with Gasteiger partial charge in [-0.2, -0.15) is 0 Å². The molecule has 4 nitrogen and oxygen atoms in total. The van der Waals surface area contributed by atoms with E-state index in [1.807, 2.05) is 31.2 Å². The van der Waals surface area contributed by atoms with Gasteiger partial charge in [0.15, 0.2) is 0 Å². The van der Waals surface area contributed by atoms with E-state index in [9.17, 15) is 4.79 Å². The maximum absolute atomic E-state index is 12.0. The van der Waals surface area contributed by atoms with E-state index in [-0.39, 0.29) is 12.3 Å². The first kappa shape index (κ1) is 17.4. The summed E-state index contributed by atoms with van der Waals surface area (Å²) in [5.74, 6) is 0.603. The Morgan fingerprint density at radius 1 is 1.09 bits per heavy atom. The lowest BCUT2D eigenvalue weighted by atomic mass is 10.2. The number of rotatable bonds is 7. The molecular weight excluding hydrogens is 335 g/mol. The zero-order valence-electron chi connectivity index (χ0n) is 12.7. The number of amides is 1. The number of halogens is 2. The molecule has 0 saturated heterocycles. The highest BCUT2D eigenvalue weighted by atomic mass is 35.5. The summed E-state index contributed by atoms with van der Waals surface area (Å²) < 4.78 is 5.52. The molecular formula is C17H18Cl2N2O2. The minimum absolute atomic E-state index is 0.165. The minimum atomic E-state index is -0.165. The summed E-state index contributed by atoms with van der Waals surface area (Å²) in [6, 6.07) is 12.7. The summed E-state index contributed by atoms with van der Waals surface area (Å²) in [5, 5.41) is 6.76. The molecule has 0 saturated carbocycles.